The number of nitrogens with zero attached hydrogens (tertiary/aromatic N) is 2. The van der Waals surface area contributed by atoms with Crippen molar-refractivity contribution in [3.8, 4) is 0 Å². The molecule has 2 fully saturated rings. The second kappa shape index (κ2) is 7.84. The first-order valence-electron chi connectivity index (χ1n) is 9.15. The number of alkyl halides is 3. The lowest BCUT2D eigenvalue weighted by Crippen LogP contribution is -2.53. The maximum Gasteiger partial charge on any atom is 0.406 e. The quantitative estimate of drug-likeness (QED) is 0.680. The first-order chi connectivity index (χ1) is 13.0. The molecule has 156 valence electrons. The summed E-state index contributed by atoms with van der Waals surface area (Å²) in [5.41, 5.74) is 0. The van der Waals surface area contributed by atoms with Crippen LogP contribution < -0.4 is 0 Å². The average molecular weight is 439 g/mol. The van der Waals surface area contributed by atoms with Crippen LogP contribution in [0.1, 0.15) is 32.6 Å². The molecule has 1 aromatic carbocycles. The zero-order valence-corrected chi connectivity index (χ0v) is 16.9. The lowest BCUT2D eigenvalue weighted by Gasteiger charge is -2.34. The maximum absolute atomic E-state index is 13.1. The van der Waals surface area contributed by atoms with Crippen molar-refractivity contribution in [3.05, 3.63) is 29.3 Å². The first-order valence-corrected chi connectivity index (χ1v) is 11.0. The molecule has 10 heteroatoms. The van der Waals surface area contributed by atoms with Gasteiger partial charge in [-0.15, -0.1) is 0 Å². The summed E-state index contributed by atoms with van der Waals surface area (Å²) in [6, 6.07) is 3.81. The molecule has 2 aliphatic rings. The van der Waals surface area contributed by atoms with Gasteiger partial charge in [0.15, 0.2) is 0 Å². The highest BCUT2D eigenvalue weighted by atomic mass is 35.5. The molecule has 28 heavy (non-hydrogen) atoms. The Hall–Kier alpha value is -1.32. The molecule has 2 atom stereocenters. The Kier molecular flexibility index (Phi) is 5.99. The summed E-state index contributed by atoms with van der Waals surface area (Å²) in [5, 5.41) is 0.364. The Labute approximate surface area is 167 Å². The number of rotatable bonds is 6. The fourth-order valence-electron chi connectivity index (χ4n) is 3.66. The molecule has 1 aromatic rings. The van der Waals surface area contributed by atoms with E-state index in [-0.39, 0.29) is 23.8 Å². The number of hydrogen-bond acceptors (Lipinski definition) is 3. The largest absolute Gasteiger partial charge is 0.406 e. The fourth-order valence-corrected chi connectivity index (χ4v) is 5.43. The van der Waals surface area contributed by atoms with Gasteiger partial charge in [0.05, 0.1) is 4.90 Å². The minimum atomic E-state index is -4.54. The van der Waals surface area contributed by atoms with Gasteiger partial charge in [-0.25, -0.2) is 8.42 Å². The van der Waals surface area contributed by atoms with E-state index in [0.717, 1.165) is 22.0 Å². The van der Waals surface area contributed by atoms with E-state index < -0.39 is 40.7 Å². The molecule has 0 aromatic heterocycles. The molecular formula is C18H22ClF3N2O3S. The molecule has 1 aliphatic carbocycles. The second-order valence-corrected chi connectivity index (χ2v) is 9.71. The molecule has 0 spiro atoms. The Bertz CT molecular complexity index is 825. The maximum atomic E-state index is 13.1. The summed E-state index contributed by atoms with van der Waals surface area (Å²) in [5.74, 6) is -0.735. The molecule has 1 amide bonds. The van der Waals surface area contributed by atoms with E-state index in [1.165, 1.54) is 24.3 Å². The highest BCUT2D eigenvalue weighted by molar-refractivity contribution is 7.89. The van der Waals surface area contributed by atoms with Gasteiger partial charge in [-0.05, 0) is 62.8 Å². The molecule has 0 N–H and O–H groups in total. The monoisotopic (exact) mass is 438 g/mol. The molecule has 1 saturated heterocycles. The molecule has 1 saturated carbocycles. The van der Waals surface area contributed by atoms with Crippen molar-refractivity contribution in [1.82, 2.24) is 9.21 Å². The summed E-state index contributed by atoms with van der Waals surface area (Å²) < 4.78 is 66.3. The van der Waals surface area contributed by atoms with Gasteiger partial charge < -0.3 is 4.90 Å². The van der Waals surface area contributed by atoms with Crippen LogP contribution in [0.5, 0.6) is 0 Å². The number of benzene rings is 1. The zero-order valence-electron chi connectivity index (χ0n) is 15.3. The van der Waals surface area contributed by atoms with Crippen molar-refractivity contribution in [3.63, 3.8) is 0 Å². The number of carbonyl (C=O) groups is 1. The van der Waals surface area contributed by atoms with Crippen LogP contribution in [0.2, 0.25) is 5.02 Å². The van der Waals surface area contributed by atoms with Crippen LogP contribution >= 0.6 is 11.6 Å². The van der Waals surface area contributed by atoms with Gasteiger partial charge >= 0.3 is 6.18 Å². The number of hydrogen-bond donors (Lipinski definition) is 0. The smallest absolute Gasteiger partial charge is 0.329 e. The van der Waals surface area contributed by atoms with Crippen LogP contribution in [0.25, 0.3) is 0 Å². The lowest BCUT2D eigenvalue weighted by molar-refractivity contribution is -0.168. The predicted octanol–water partition coefficient (Wildman–Crippen LogP) is 3.68. The molecule has 5 nitrogen and oxygen atoms in total. The normalized spacial score (nSPS) is 22.2. The number of halogens is 4. The van der Waals surface area contributed by atoms with Crippen molar-refractivity contribution in [2.45, 2.75) is 55.8 Å². The molecule has 0 unspecified atom stereocenters. The van der Waals surface area contributed by atoms with Gasteiger partial charge in [0.1, 0.15) is 12.6 Å². The minimum absolute atomic E-state index is 0.0331. The van der Waals surface area contributed by atoms with E-state index in [9.17, 15) is 26.4 Å². The molecule has 3 rings (SSSR count). The van der Waals surface area contributed by atoms with E-state index in [4.69, 9.17) is 11.6 Å². The minimum Gasteiger partial charge on any atom is -0.329 e. The predicted molar refractivity (Wildman–Crippen MR) is 98.3 cm³/mol. The van der Waals surface area contributed by atoms with Crippen LogP contribution in [0.3, 0.4) is 0 Å². The summed E-state index contributed by atoms with van der Waals surface area (Å²) in [7, 11) is -4.01. The zero-order chi connectivity index (χ0) is 20.7. The second-order valence-electron chi connectivity index (χ2n) is 7.39. The third kappa shape index (κ3) is 4.63. The summed E-state index contributed by atoms with van der Waals surface area (Å²) in [4.78, 5) is 13.8. The van der Waals surface area contributed by atoms with E-state index >= 15 is 0 Å². The highest BCUT2D eigenvalue weighted by Gasteiger charge is 2.46. The van der Waals surface area contributed by atoms with Crippen molar-refractivity contribution in [2.24, 2.45) is 5.92 Å². The van der Waals surface area contributed by atoms with Gasteiger partial charge in [0.2, 0.25) is 15.9 Å². The van der Waals surface area contributed by atoms with Crippen LogP contribution in [0.4, 0.5) is 13.2 Å². The van der Waals surface area contributed by atoms with Crippen LogP contribution in [-0.4, -0.2) is 54.9 Å². The average Bonchev–Trinajstić information content (AvgIpc) is 3.34. The van der Waals surface area contributed by atoms with Gasteiger partial charge in [0.25, 0.3) is 0 Å². The standard InChI is InChI=1S/C18H22ClF3N2O3S/c1-12(13-4-5-13)23(11-18(20,21)22)17(25)16-3-2-10-24(16)28(26,27)15-8-6-14(19)7-9-15/h6-9,12-13,16H,2-5,10-11H2,1H3/t12-,16+/m0/s1. The Morgan fingerprint density at radius 2 is 1.86 bits per heavy atom. The molecular weight excluding hydrogens is 417 g/mol. The fraction of sp³-hybridized carbons (Fsp3) is 0.611. The van der Waals surface area contributed by atoms with Crippen LogP contribution in [0, 0.1) is 5.92 Å². The van der Waals surface area contributed by atoms with E-state index in [1.807, 2.05) is 0 Å². The van der Waals surface area contributed by atoms with Gasteiger partial charge in [0, 0.05) is 17.6 Å². The van der Waals surface area contributed by atoms with Gasteiger partial charge in [-0.3, -0.25) is 4.79 Å². The summed E-state index contributed by atoms with van der Waals surface area (Å²) >= 11 is 5.80. The van der Waals surface area contributed by atoms with Gasteiger partial charge in [-0.2, -0.15) is 17.5 Å². The summed E-state index contributed by atoms with van der Waals surface area (Å²) in [6.07, 6.45) is -2.36. The topological polar surface area (TPSA) is 57.7 Å². The van der Waals surface area contributed by atoms with Crippen molar-refractivity contribution < 1.29 is 26.4 Å². The lowest BCUT2D eigenvalue weighted by atomic mass is 10.1. The first kappa shape index (κ1) is 21.4. The number of sulfonamides is 1. The van der Waals surface area contributed by atoms with Crippen LogP contribution in [0.15, 0.2) is 29.2 Å². The molecule has 1 aliphatic heterocycles. The molecule has 0 radical (unpaired) electrons. The highest BCUT2D eigenvalue weighted by Crippen LogP contribution is 2.37. The van der Waals surface area contributed by atoms with E-state index in [2.05, 4.69) is 0 Å². The molecule has 1 heterocycles. The SMILES string of the molecule is C[C@@H](C1CC1)N(CC(F)(F)F)C(=O)[C@H]1CCCN1S(=O)(=O)c1ccc(Cl)cc1. The Morgan fingerprint density at radius 1 is 1.25 bits per heavy atom. The summed E-state index contributed by atoms with van der Waals surface area (Å²) in [6.45, 7) is 0.335. The Balaban J connectivity index is 1.87. The van der Waals surface area contributed by atoms with Crippen molar-refractivity contribution in [2.75, 3.05) is 13.1 Å². The van der Waals surface area contributed by atoms with Crippen molar-refractivity contribution in [1.29, 1.82) is 0 Å². The molecule has 0 bridgehead atoms. The van der Waals surface area contributed by atoms with Crippen LogP contribution in [-0.2, 0) is 14.8 Å². The third-order valence-electron chi connectivity index (χ3n) is 5.34. The van der Waals surface area contributed by atoms with Gasteiger partial charge in [-0.1, -0.05) is 11.6 Å². The Morgan fingerprint density at radius 3 is 2.39 bits per heavy atom. The van der Waals surface area contributed by atoms with E-state index in [1.54, 1.807) is 6.92 Å². The van der Waals surface area contributed by atoms with Crippen molar-refractivity contribution >= 4 is 27.5 Å². The number of carbonyl (C=O) groups excluding carboxylic acids is 1. The number of amides is 1. The third-order valence-corrected chi connectivity index (χ3v) is 7.51. The van der Waals surface area contributed by atoms with E-state index in [0.29, 0.717) is 11.4 Å².